The topological polar surface area (TPSA) is 72.4 Å². The van der Waals surface area contributed by atoms with E-state index in [9.17, 15) is 4.79 Å². The van der Waals surface area contributed by atoms with Crippen LogP contribution in [0.4, 0.5) is 0 Å². The Balaban J connectivity index is 2.12. The second-order valence-electron chi connectivity index (χ2n) is 4.05. The quantitative estimate of drug-likeness (QED) is 0.823. The van der Waals surface area contributed by atoms with Gasteiger partial charge < -0.3 is 15.2 Å². The molecular weight excluding hydrogens is 206 g/mol. The lowest BCUT2D eigenvalue weighted by Gasteiger charge is -2.26. The standard InChI is InChI=1S/C11H17N3O2/c1-2-3-11(15)14-5-4-10-8(7-14)9(6-12)13-16-10/h2-7,12H2,1H3. The normalized spacial score (nSPS) is 15.0. The maximum Gasteiger partial charge on any atom is 0.222 e. The number of amides is 1. The summed E-state index contributed by atoms with van der Waals surface area (Å²) < 4.78 is 5.20. The molecule has 0 aromatic carbocycles. The molecule has 0 spiro atoms. The van der Waals surface area contributed by atoms with Gasteiger partial charge in [0.25, 0.3) is 0 Å². The first-order valence-electron chi connectivity index (χ1n) is 5.70. The molecule has 0 atom stereocenters. The van der Waals surface area contributed by atoms with E-state index < -0.39 is 0 Å². The largest absolute Gasteiger partial charge is 0.361 e. The molecule has 1 aromatic heterocycles. The molecule has 1 aromatic rings. The molecular formula is C11H17N3O2. The van der Waals surface area contributed by atoms with Gasteiger partial charge in [-0.3, -0.25) is 4.79 Å². The molecule has 0 radical (unpaired) electrons. The minimum absolute atomic E-state index is 0.206. The van der Waals surface area contributed by atoms with Gasteiger partial charge in [-0.1, -0.05) is 12.1 Å². The first-order chi connectivity index (χ1) is 7.76. The first kappa shape index (κ1) is 11.1. The fraction of sp³-hybridized carbons (Fsp3) is 0.636. The smallest absolute Gasteiger partial charge is 0.222 e. The monoisotopic (exact) mass is 223 g/mol. The summed E-state index contributed by atoms with van der Waals surface area (Å²) in [6.45, 7) is 3.71. The van der Waals surface area contributed by atoms with E-state index in [1.54, 1.807) is 0 Å². The molecule has 88 valence electrons. The molecule has 0 fully saturated rings. The van der Waals surface area contributed by atoms with Gasteiger partial charge >= 0.3 is 0 Å². The highest BCUT2D eigenvalue weighted by Crippen LogP contribution is 2.22. The Morgan fingerprint density at radius 1 is 1.62 bits per heavy atom. The number of aromatic nitrogens is 1. The van der Waals surface area contributed by atoms with E-state index >= 15 is 0 Å². The molecule has 1 aliphatic rings. The molecule has 0 saturated carbocycles. The van der Waals surface area contributed by atoms with E-state index in [0.717, 1.165) is 36.4 Å². The predicted octanol–water partition coefficient (Wildman–Crippen LogP) is 0.818. The fourth-order valence-corrected chi connectivity index (χ4v) is 2.01. The van der Waals surface area contributed by atoms with Crippen LogP contribution < -0.4 is 5.73 Å². The van der Waals surface area contributed by atoms with E-state index in [1.807, 2.05) is 11.8 Å². The summed E-state index contributed by atoms with van der Waals surface area (Å²) >= 11 is 0. The van der Waals surface area contributed by atoms with Crippen molar-refractivity contribution in [3.8, 4) is 0 Å². The third-order valence-electron chi connectivity index (χ3n) is 2.92. The predicted molar refractivity (Wildman–Crippen MR) is 58.4 cm³/mol. The van der Waals surface area contributed by atoms with Gasteiger partial charge in [0.1, 0.15) is 11.5 Å². The maximum absolute atomic E-state index is 11.8. The summed E-state index contributed by atoms with van der Waals surface area (Å²) in [7, 11) is 0. The number of hydrogen-bond acceptors (Lipinski definition) is 4. The Morgan fingerprint density at radius 2 is 2.44 bits per heavy atom. The molecule has 0 unspecified atom stereocenters. The summed E-state index contributed by atoms with van der Waals surface area (Å²) in [6.07, 6.45) is 2.24. The summed E-state index contributed by atoms with van der Waals surface area (Å²) in [5.41, 5.74) is 7.37. The van der Waals surface area contributed by atoms with Crippen LogP contribution in [0.5, 0.6) is 0 Å². The highest BCUT2D eigenvalue weighted by atomic mass is 16.5. The Labute approximate surface area is 94.6 Å². The second kappa shape index (κ2) is 4.65. The minimum atomic E-state index is 0.206. The van der Waals surface area contributed by atoms with Crippen LogP contribution in [0.3, 0.4) is 0 Å². The second-order valence-corrected chi connectivity index (χ2v) is 4.05. The zero-order valence-corrected chi connectivity index (χ0v) is 9.53. The molecule has 0 aliphatic carbocycles. The molecule has 0 saturated heterocycles. The average molecular weight is 223 g/mol. The molecule has 1 aliphatic heterocycles. The van der Waals surface area contributed by atoms with E-state index in [4.69, 9.17) is 10.3 Å². The SMILES string of the molecule is CCCC(=O)N1CCc2onc(CN)c2C1. The van der Waals surface area contributed by atoms with Crippen molar-refractivity contribution in [3.05, 3.63) is 17.0 Å². The number of hydrogen-bond donors (Lipinski definition) is 1. The number of nitrogens with zero attached hydrogens (tertiary/aromatic N) is 2. The molecule has 5 heteroatoms. The van der Waals surface area contributed by atoms with Gasteiger partial charge in [0.2, 0.25) is 5.91 Å². The molecule has 2 rings (SSSR count). The Bertz CT molecular complexity index is 373. The van der Waals surface area contributed by atoms with E-state index in [2.05, 4.69) is 5.16 Å². The maximum atomic E-state index is 11.8. The number of carbonyl (C=O) groups excluding carboxylic acids is 1. The van der Waals surface area contributed by atoms with Crippen molar-refractivity contribution in [3.63, 3.8) is 0 Å². The summed E-state index contributed by atoms with van der Waals surface area (Å²) in [6, 6.07) is 0. The fourth-order valence-electron chi connectivity index (χ4n) is 2.01. The molecule has 2 N–H and O–H groups in total. The van der Waals surface area contributed by atoms with Crippen molar-refractivity contribution in [2.45, 2.75) is 39.3 Å². The number of rotatable bonds is 3. The highest BCUT2D eigenvalue weighted by Gasteiger charge is 2.25. The van der Waals surface area contributed by atoms with Gasteiger partial charge in [-0.2, -0.15) is 0 Å². The Hall–Kier alpha value is -1.36. The van der Waals surface area contributed by atoms with Gasteiger partial charge in [0.15, 0.2) is 0 Å². The molecule has 0 bridgehead atoms. The van der Waals surface area contributed by atoms with Gasteiger partial charge in [-0.15, -0.1) is 0 Å². The van der Waals surface area contributed by atoms with Crippen molar-refractivity contribution in [2.75, 3.05) is 6.54 Å². The lowest BCUT2D eigenvalue weighted by atomic mass is 10.1. The van der Waals surface area contributed by atoms with Crippen molar-refractivity contribution in [2.24, 2.45) is 5.73 Å². The number of fused-ring (bicyclic) bond motifs is 1. The zero-order chi connectivity index (χ0) is 11.5. The van der Waals surface area contributed by atoms with Gasteiger partial charge in [0.05, 0.1) is 6.54 Å². The van der Waals surface area contributed by atoms with Crippen LogP contribution in [0.15, 0.2) is 4.52 Å². The van der Waals surface area contributed by atoms with Crippen molar-refractivity contribution < 1.29 is 9.32 Å². The number of nitrogens with two attached hydrogens (primary N) is 1. The molecule has 1 amide bonds. The third kappa shape index (κ3) is 1.95. The van der Waals surface area contributed by atoms with E-state index in [0.29, 0.717) is 19.5 Å². The average Bonchev–Trinajstić information content (AvgIpc) is 2.71. The zero-order valence-electron chi connectivity index (χ0n) is 9.53. The summed E-state index contributed by atoms with van der Waals surface area (Å²) in [5, 5.41) is 3.92. The molecule has 5 nitrogen and oxygen atoms in total. The van der Waals surface area contributed by atoms with E-state index in [-0.39, 0.29) is 5.91 Å². The third-order valence-corrected chi connectivity index (χ3v) is 2.92. The number of carbonyl (C=O) groups is 1. The Morgan fingerprint density at radius 3 is 3.12 bits per heavy atom. The van der Waals surface area contributed by atoms with Crippen molar-refractivity contribution in [1.29, 1.82) is 0 Å². The van der Waals surface area contributed by atoms with Crippen LogP contribution in [-0.2, 0) is 24.3 Å². The van der Waals surface area contributed by atoms with Crippen LogP contribution in [-0.4, -0.2) is 22.5 Å². The van der Waals surface area contributed by atoms with Crippen LogP contribution in [0.1, 0.15) is 36.8 Å². The van der Waals surface area contributed by atoms with Crippen molar-refractivity contribution >= 4 is 5.91 Å². The summed E-state index contributed by atoms with van der Waals surface area (Å²) in [5.74, 6) is 1.10. The minimum Gasteiger partial charge on any atom is -0.361 e. The molecule has 16 heavy (non-hydrogen) atoms. The van der Waals surface area contributed by atoms with Crippen LogP contribution in [0, 0.1) is 0 Å². The summed E-state index contributed by atoms with van der Waals surface area (Å²) in [4.78, 5) is 13.6. The first-order valence-corrected chi connectivity index (χ1v) is 5.70. The van der Waals surface area contributed by atoms with Crippen LogP contribution >= 0.6 is 0 Å². The lowest BCUT2D eigenvalue weighted by Crippen LogP contribution is -2.35. The van der Waals surface area contributed by atoms with Gasteiger partial charge in [0, 0.05) is 31.5 Å². The van der Waals surface area contributed by atoms with Crippen LogP contribution in [0.2, 0.25) is 0 Å². The lowest BCUT2D eigenvalue weighted by molar-refractivity contribution is -0.132. The van der Waals surface area contributed by atoms with Crippen LogP contribution in [0.25, 0.3) is 0 Å². The molecule has 2 heterocycles. The Kier molecular flexibility index (Phi) is 3.24. The van der Waals surface area contributed by atoms with Crippen molar-refractivity contribution in [1.82, 2.24) is 10.1 Å². The van der Waals surface area contributed by atoms with Gasteiger partial charge in [-0.05, 0) is 6.42 Å². The van der Waals surface area contributed by atoms with Gasteiger partial charge in [-0.25, -0.2) is 0 Å². The van der Waals surface area contributed by atoms with E-state index in [1.165, 1.54) is 0 Å². The highest BCUT2D eigenvalue weighted by molar-refractivity contribution is 5.76.